The second-order valence-electron chi connectivity index (χ2n) is 4.04. The van der Waals surface area contributed by atoms with E-state index in [0.717, 1.165) is 17.7 Å². The standard InChI is InChI=1S/C15H13FN2/c16-15-7-5-14(6-8-15)11-18-10-13-3-1-12(9-17)2-4-13/h1-8,18H,10-11H2. The van der Waals surface area contributed by atoms with E-state index in [4.69, 9.17) is 5.26 Å². The van der Waals surface area contributed by atoms with Gasteiger partial charge in [0, 0.05) is 13.1 Å². The summed E-state index contributed by atoms with van der Waals surface area (Å²) in [5, 5.41) is 11.9. The molecule has 1 N–H and O–H groups in total. The highest BCUT2D eigenvalue weighted by molar-refractivity contribution is 5.31. The van der Waals surface area contributed by atoms with Crippen LogP contribution in [0.1, 0.15) is 16.7 Å². The van der Waals surface area contributed by atoms with E-state index < -0.39 is 0 Å². The molecule has 0 radical (unpaired) electrons. The largest absolute Gasteiger partial charge is 0.309 e. The Morgan fingerprint density at radius 1 is 0.889 bits per heavy atom. The summed E-state index contributed by atoms with van der Waals surface area (Å²) in [7, 11) is 0. The molecular weight excluding hydrogens is 227 g/mol. The molecule has 18 heavy (non-hydrogen) atoms. The average Bonchev–Trinajstić information content (AvgIpc) is 2.42. The fourth-order valence-electron chi connectivity index (χ4n) is 1.65. The van der Waals surface area contributed by atoms with Crippen LogP contribution in [-0.4, -0.2) is 0 Å². The Morgan fingerprint density at radius 3 is 1.89 bits per heavy atom. The van der Waals surface area contributed by atoms with Crippen molar-refractivity contribution in [1.82, 2.24) is 5.32 Å². The third kappa shape index (κ3) is 3.41. The molecule has 2 rings (SSSR count). The van der Waals surface area contributed by atoms with E-state index in [2.05, 4.69) is 11.4 Å². The minimum Gasteiger partial charge on any atom is -0.309 e. The first kappa shape index (κ1) is 12.3. The maximum atomic E-state index is 12.7. The number of hydrogen-bond donors (Lipinski definition) is 1. The maximum Gasteiger partial charge on any atom is 0.123 e. The highest BCUT2D eigenvalue weighted by Gasteiger charge is 1.96. The molecule has 3 heteroatoms. The van der Waals surface area contributed by atoms with Crippen LogP contribution < -0.4 is 5.32 Å². The number of halogens is 1. The molecule has 2 aromatic rings. The zero-order chi connectivity index (χ0) is 12.8. The fourth-order valence-corrected chi connectivity index (χ4v) is 1.65. The Morgan fingerprint density at radius 2 is 1.39 bits per heavy atom. The molecule has 0 aliphatic rings. The molecule has 0 aliphatic heterocycles. The van der Waals surface area contributed by atoms with Crippen molar-refractivity contribution < 1.29 is 4.39 Å². The van der Waals surface area contributed by atoms with E-state index in [0.29, 0.717) is 12.1 Å². The lowest BCUT2D eigenvalue weighted by molar-refractivity contribution is 0.625. The van der Waals surface area contributed by atoms with Crippen LogP contribution in [0.4, 0.5) is 4.39 Å². The van der Waals surface area contributed by atoms with E-state index in [1.807, 2.05) is 12.1 Å². The van der Waals surface area contributed by atoms with Crippen molar-refractivity contribution in [2.45, 2.75) is 13.1 Å². The molecule has 0 saturated heterocycles. The molecule has 0 heterocycles. The Hall–Kier alpha value is -2.18. The van der Waals surface area contributed by atoms with Crippen molar-refractivity contribution in [3.63, 3.8) is 0 Å². The van der Waals surface area contributed by atoms with Crippen LogP contribution in [-0.2, 0) is 13.1 Å². The van der Waals surface area contributed by atoms with Crippen LogP contribution in [0.25, 0.3) is 0 Å². The molecule has 0 aromatic heterocycles. The van der Waals surface area contributed by atoms with Gasteiger partial charge in [-0.05, 0) is 35.4 Å². The van der Waals surface area contributed by atoms with Gasteiger partial charge in [-0.25, -0.2) is 4.39 Å². The quantitative estimate of drug-likeness (QED) is 0.891. The highest BCUT2D eigenvalue weighted by Crippen LogP contribution is 2.05. The van der Waals surface area contributed by atoms with Gasteiger partial charge in [-0.1, -0.05) is 24.3 Å². The van der Waals surface area contributed by atoms with Gasteiger partial charge in [-0.15, -0.1) is 0 Å². The van der Waals surface area contributed by atoms with E-state index >= 15 is 0 Å². The number of hydrogen-bond acceptors (Lipinski definition) is 2. The summed E-state index contributed by atoms with van der Waals surface area (Å²) in [4.78, 5) is 0. The van der Waals surface area contributed by atoms with Crippen molar-refractivity contribution in [2.24, 2.45) is 0 Å². The van der Waals surface area contributed by atoms with E-state index in [9.17, 15) is 4.39 Å². The third-order valence-electron chi connectivity index (χ3n) is 2.65. The molecule has 0 aliphatic carbocycles. The number of nitrogens with zero attached hydrogens (tertiary/aromatic N) is 1. The first-order valence-corrected chi connectivity index (χ1v) is 5.72. The molecule has 2 aromatic carbocycles. The summed E-state index contributed by atoms with van der Waals surface area (Å²) in [5.41, 5.74) is 2.83. The fraction of sp³-hybridized carbons (Fsp3) is 0.133. The first-order chi connectivity index (χ1) is 8.78. The predicted octanol–water partition coefficient (Wildman–Crippen LogP) is 2.99. The zero-order valence-corrected chi connectivity index (χ0v) is 9.86. The normalized spacial score (nSPS) is 10.0. The SMILES string of the molecule is N#Cc1ccc(CNCc2ccc(F)cc2)cc1. The van der Waals surface area contributed by atoms with Gasteiger partial charge in [0.1, 0.15) is 5.82 Å². The van der Waals surface area contributed by atoms with Gasteiger partial charge in [0.05, 0.1) is 11.6 Å². The maximum absolute atomic E-state index is 12.7. The molecule has 0 bridgehead atoms. The van der Waals surface area contributed by atoms with Crippen molar-refractivity contribution in [3.8, 4) is 6.07 Å². The highest BCUT2D eigenvalue weighted by atomic mass is 19.1. The van der Waals surface area contributed by atoms with E-state index in [1.54, 1.807) is 24.3 Å². The smallest absolute Gasteiger partial charge is 0.123 e. The van der Waals surface area contributed by atoms with Crippen LogP contribution in [0.5, 0.6) is 0 Å². The summed E-state index contributed by atoms with van der Waals surface area (Å²) in [6.07, 6.45) is 0. The molecule has 0 amide bonds. The first-order valence-electron chi connectivity index (χ1n) is 5.72. The van der Waals surface area contributed by atoms with Gasteiger partial charge in [0.2, 0.25) is 0 Å². The van der Waals surface area contributed by atoms with Gasteiger partial charge in [-0.2, -0.15) is 5.26 Å². The molecule has 0 saturated carbocycles. The van der Waals surface area contributed by atoms with Crippen molar-refractivity contribution in [1.29, 1.82) is 5.26 Å². The summed E-state index contributed by atoms with van der Waals surface area (Å²) >= 11 is 0. The Kier molecular flexibility index (Phi) is 4.06. The summed E-state index contributed by atoms with van der Waals surface area (Å²) in [5.74, 6) is -0.217. The number of rotatable bonds is 4. The Bertz CT molecular complexity index is 538. The molecule has 0 atom stereocenters. The minimum absolute atomic E-state index is 0.217. The number of nitriles is 1. The second kappa shape index (κ2) is 5.95. The van der Waals surface area contributed by atoms with Gasteiger partial charge in [0.15, 0.2) is 0 Å². The van der Waals surface area contributed by atoms with Crippen LogP contribution in [0, 0.1) is 17.1 Å². The molecule has 2 nitrogen and oxygen atoms in total. The molecule has 0 spiro atoms. The summed E-state index contributed by atoms with van der Waals surface area (Å²) in [6.45, 7) is 1.42. The molecular formula is C15H13FN2. The van der Waals surface area contributed by atoms with Crippen molar-refractivity contribution in [3.05, 3.63) is 71.0 Å². The molecule has 0 unspecified atom stereocenters. The van der Waals surface area contributed by atoms with E-state index in [-0.39, 0.29) is 5.82 Å². The van der Waals surface area contributed by atoms with Crippen LogP contribution in [0.15, 0.2) is 48.5 Å². The predicted molar refractivity (Wildman–Crippen MR) is 68.1 cm³/mol. The zero-order valence-electron chi connectivity index (χ0n) is 9.86. The molecule has 90 valence electrons. The summed E-state index contributed by atoms with van der Waals surface area (Å²) in [6, 6.07) is 16.0. The van der Waals surface area contributed by atoms with Gasteiger partial charge < -0.3 is 5.32 Å². The molecule has 0 fully saturated rings. The lowest BCUT2D eigenvalue weighted by Crippen LogP contribution is -2.12. The van der Waals surface area contributed by atoms with Gasteiger partial charge >= 0.3 is 0 Å². The van der Waals surface area contributed by atoms with Crippen LogP contribution in [0.2, 0.25) is 0 Å². The third-order valence-corrected chi connectivity index (χ3v) is 2.65. The van der Waals surface area contributed by atoms with Crippen LogP contribution in [0.3, 0.4) is 0 Å². The summed E-state index contributed by atoms with van der Waals surface area (Å²) < 4.78 is 12.7. The number of nitrogens with one attached hydrogen (secondary N) is 1. The number of benzene rings is 2. The average molecular weight is 240 g/mol. The Labute approximate surface area is 106 Å². The monoisotopic (exact) mass is 240 g/mol. The van der Waals surface area contributed by atoms with Crippen molar-refractivity contribution >= 4 is 0 Å². The Balaban J connectivity index is 1.84. The van der Waals surface area contributed by atoms with Gasteiger partial charge in [-0.3, -0.25) is 0 Å². The lowest BCUT2D eigenvalue weighted by Gasteiger charge is -2.05. The van der Waals surface area contributed by atoms with Crippen LogP contribution >= 0.6 is 0 Å². The minimum atomic E-state index is -0.217. The lowest BCUT2D eigenvalue weighted by atomic mass is 10.1. The topological polar surface area (TPSA) is 35.8 Å². The van der Waals surface area contributed by atoms with E-state index in [1.165, 1.54) is 12.1 Å². The van der Waals surface area contributed by atoms with Crippen molar-refractivity contribution in [2.75, 3.05) is 0 Å². The van der Waals surface area contributed by atoms with Gasteiger partial charge in [0.25, 0.3) is 0 Å². The second-order valence-corrected chi connectivity index (χ2v) is 4.04.